The third-order valence-corrected chi connectivity index (χ3v) is 6.32. The molecule has 1 N–H and O–H groups in total. The second-order valence-corrected chi connectivity index (χ2v) is 7.52. The number of amides is 1. The first kappa shape index (κ1) is 13.2. The quantitative estimate of drug-likeness (QED) is 0.893. The Labute approximate surface area is 122 Å². The Balaban J connectivity index is 1.77. The first-order chi connectivity index (χ1) is 8.84. The molecule has 1 aromatic heterocycles. The molecule has 1 amide bonds. The van der Waals surface area contributed by atoms with E-state index in [1.54, 1.807) is 12.1 Å². The van der Waals surface area contributed by atoms with Gasteiger partial charge in [0.15, 0.2) is 10.4 Å². The van der Waals surface area contributed by atoms with Crippen molar-refractivity contribution in [3.63, 3.8) is 0 Å². The highest BCUT2D eigenvalue weighted by Gasteiger charge is 2.61. The van der Waals surface area contributed by atoms with Gasteiger partial charge in [-0.3, -0.25) is 4.79 Å². The smallest absolute Gasteiger partial charge is 0.287 e. The molecule has 2 saturated carbocycles. The summed E-state index contributed by atoms with van der Waals surface area (Å²) in [5, 5.41) is 3.18. The molecule has 2 fully saturated rings. The van der Waals surface area contributed by atoms with Gasteiger partial charge in [-0.1, -0.05) is 20.8 Å². The number of hydrogen-bond donors (Lipinski definition) is 1. The number of hydrogen-bond acceptors (Lipinski definition) is 2. The normalized spacial score (nSPS) is 35.6. The van der Waals surface area contributed by atoms with Gasteiger partial charge in [0.05, 0.1) is 0 Å². The molecule has 19 heavy (non-hydrogen) atoms. The van der Waals surface area contributed by atoms with E-state index in [0.29, 0.717) is 15.8 Å². The number of rotatable bonds is 2. The maximum atomic E-state index is 12.2. The second kappa shape index (κ2) is 4.11. The molecule has 1 aromatic rings. The highest BCUT2D eigenvalue weighted by Crippen LogP contribution is 2.65. The number of nitrogens with one attached hydrogen (secondary N) is 1. The van der Waals surface area contributed by atoms with Crippen LogP contribution in [0, 0.1) is 16.7 Å². The lowest BCUT2D eigenvalue weighted by Gasteiger charge is -2.39. The molecule has 2 aliphatic rings. The van der Waals surface area contributed by atoms with Gasteiger partial charge in [-0.05, 0) is 64.1 Å². The summed E-state index contributed by atoms with van der Waals surface area (Å²) in [5.74, 6) is 1.02. The molecule has 1 heterocycles. The molecule has 2 aliphatic carbocycles. The number of halogens is 1. The van der Waals surface area contributed by atoms with Crippen LogP contribution in [-0.4, -0.2) is 11.9 Å². The van der Waals surface area contributed by atoms with E-state index in [1.165, 1.54) is 12.8 Å². The highest BCUT2D eigenvalue weighted by atomic mass is 79.9. The van der Waals surface area contributed by atoms with Gasteiger partial charge < -0.3 is 9.73 Å². The predicted molar refractivity (Wildman–Crippen MR) is 76.9 cm³/mol. The largest absolute Gasteiger partial charge is 0.444 e. The van der Waals surface area contributed by atoms with Crippen LogP contribution in [0.2, 0.25) is 0 Å². The Morgan fingerprint density at radius 1 is 1.42 bits per heavy atom. The molecule has 0 spiro atoms. The summed E-state index contributed by atoms with van der Waals surface area (Å²) in [5.41, 5.74) is 0.520. The van der Waals surface area contributed by atoms with Crippen LogP contribution in [0.25, 0.3) is 0 Å². The molecule has 2 bridgehead atoms. The van der Waals surface area contributed by atoms with Gasteiger partial charge in [-0.2, -0.15) is 0 Å². The third kappa shape index (κ3) is 1.79. The standard InChI is InChI=1S/C15H20BrNO2/c1-14(2)9-6-7-15(14,3)11(8-9)17-13(18)10-4-5-12(16)19-10/h4-5,9,11H,6-8H2,1-3H3,(H,17,18)/t9-,11-,15-/m1/s1. The van der Waals surface area contributed by atoms with Crippen LogP contribution in [0.15, 0.2) is 21.2 Å². The number of furan rings is 1. The Kier molecular flexibility index (Phi) is 2.86. The number of carbonyl (C=O) groups is 1. The van der Waals surface area contributed by atoms with Crippen molar-refractivity contribution < 1.29 is 9.21 Å². The van der Waals surface area contributed by atoms with Gasteiger partial charge >= 0.3 is 0 Å². The fraction of sp³-hybridized carbons (Fsp3) is 0.667. The molecule has 3 atom stereocenters. The molecule has 0 aromatic carbocycles. The lowest BCUT2D eigenvalue weighted by molar-refractivity contribution is 0.0800. The van der Waals surface area contributed by atoms with E-state index in [2.05, 4.69) is 42.0 Å². The van der Waals surface area contributed by atoms with Crippen LogP contribution in [-0.2, 0) is 0 Å². The molecule has 0 radical (unpaired) electrons. The number of carbonyl (C=O) groups excluding carboxylic acids is 1. The topological polar surface area (TPSA) is 42.2 Å². The minimum Gasteiger partial charge on any atom is -0.444 e. The molecule has 0 saturated heterocycles. The summed E-state index contributed by atoms with van der Waals surface area (Å²) < 4.78 is 5.92. The minimum absolute atomic E-state index is 0.0970. The molecule has 104 valence electrons. The zero-order chi connectivity index (χ0) is 13.8. The number of fused-ring (bicyclic) bond motifs is 2. The van der Waals surface area contributed by atoms with Crippen molar-refractivity contribution in [2.45, 2.75) is 46.1 Å². The van der Waals surface area contributed by atoms with Crippen molar-refractivity contribution in [3.05, 3.63) is 22.6 Å². The Hall–Kier alpha value is -0.770. The zero-order valence-electron chi connectivity index (χ0n) is 11.6. The van der Waals surface area contributed by atoms with E-state index < -0.39 is 0 Å². The lowest BCUT2D eigenvalue weighted by atomic mass is 9.69. The van der Waals surface area contributed by atoms with Crippen LogP contribution < -0.4 is 5.32 Å². The Morgan fingerprint density at radius 2 is 2.16 bits per heavy atom. The minimum atomic E-state index is -0.0970. The van der Waals surface area contributed by atoms with Crippen molar-refractivity contribution >= 4 is 21.8 Å². The summed E-state index contributed by atoms with van der Waals surface area (Å²) in [6.07, 6.45) is 3.59. The van der Waals surface area contributed by atoms with E-state index in [-0.39, 0.29) is 17.4 Å². The van der Waals surface area contributed by atoms with Crippen LogP contribution in [0.4, 0.5) is 0 Å². The van der Waals surface area contributed by atoms with Crippen molar-refractivity contribution in [1.29, 1.82) is 0 Å². The first-order valence-electron chi connectivity index (χ1n) is 6.91. The van der Waals surface area contributed by atoms with Crippen LogP contribution in [0.1, 0.15) is 50.6 Å². The summed E-state index contributed by atoms with van der Waals surface area (Å²) in [6, 6.07) is 3.72. The summed E-state index contributed by atoms with van der Waals surface area (Å²) in [4.78, 5) is 12.2. The van der Waals surface area contributed by atoms with Crippen molar-refractivity contribution in [2.75, 3.05) is 0 Å². The van der Waals surface area contributed by atoms with Crippen LogP contribution in [0.3, 0.4) is 0 Å². The monoisotopic (exact) mass is 325 g/mol. The second-order valence-electron chi connectivity index (χ2n) is 6.74. The molecular weight excluding hydrogens is 306 g/mol. The molecule has 3 rings (SSSR count). The van der Waals surface area contributed by atoms with E-state index in [1.807, 2.05) is 0 Å². The third-order valence-electron chi connectivity index (χ3n) is 5.90. The average molecular weight is 326 g/mol. The van der Waals surface area contributed by atoms with E-state index >= 15 is 0 Å². The van der Waals surface area contributed by atoms with Crippen molar-refractivity contribution in [1.82, 2.24) is 5.32 Å². The summed E-state index contributed by atoms with van der Waals surface area (Å²) in [7, 11) is 0. The summed E-state index contributed by atoms with van der Waals surface area (Å²) in [6.45, 7) is 7.02. The lowest BCUT2D eigenvalue weighted by Crippen LogP contribution is -2.46. The summed E-state index contributed by atoms with van der Waals surface area (Å²) >= 11 is 3.23. The average Bonchev–Trinajstić information content (AvgIpc) is 2.91. The van der Waals surface area contributed by atoms with Crippen LogP contribution in [0.5, 0.6) is 0 Å². The van der Waals surface area contributed by atoms with Gasteiger partial charge in [0.2, 0.25) is 0 Å². The molecule has 0 unspecified atom stereocenters. The van der Waals surface area contributed by atoms with E-state index in [4.69, 9.17) is 4.42 Å². The van der Waals surface area contributed by atoms with Gasteiger partial charge in [0, 0.05) is 6.04 Å². The predicted octanol–water partition coefficient (Wildman–Crippen LogP) is 3.99. The highest BCUT2D eigenvalue weighted by molar-refractivity contribution is 9.10. The maximum absolute atomic E-state index is 12.2. The van der Waals surface area contributed by atoms with Gasteiger partial charge in [-0.15, -0.1) is 0 Å². The van der Waals surface area contributed by atoms with Crippen molar-refractivity contribution in [3.8, 4) is 0 Å². The van der Waals surface area contributed by atoms with Crippen LogP contribution >= 0.6 is 15.9 Å². The van der Waals surface area contributed by atoms with Gasteiger partial charge in [-0.25, -0.2) is 0 Å². The van der Waals surface area contributed by atoms with E-state index in [9.17, 15) is 4.79 Å². The fourth-order valence-electron chi connectivity index (χ4n) is 4.09. The SMILES string of the molecule is CC1(C)[C@@H]2CC[C@]1(C)[C@H](NC(=O)c1ccc(Br)o1)C2. The fourth-order valence-corrected chi connectivity index (χ4v) is 4.39. The van der Waals surface area contributed by atoms with Gasteiger partial charge in [0.1, 0.15) is 0 Å². The zero-order valence-corrected chi connectivity index (χ0v) is 13.2. The first-order valence-corrected chi connectivity index (χ1v) is 7.70. The maximum Gasteiger partial charge on any atom is 0.287 e. The molecule has 0 aliphatic heterocycles. The van der Waals surface area contributed by atoms with Crippen molar-refractivity contribution in [2.24, 2.45) is 16.7 Å². The van der Waals surface area contributed by atoms with E-state index in [0.717, 1.165) is 12.3 Å². The Morgan fingerprint density at radius 3 is 2.63 bits per heavy atom. The molecule has 3 nitrogen and oxygen atoms in total. The van der Waals surface area contributed by atoms with Gasteiger partial charge in [0.25, 0.3) is 5.91 Å². The molecular formula is C15H20BrNO2. The Bertz CT molecular complexity index is 522. The molecule has 4 heteroatoms.